The van der Waals surface area contributed by atoms with Crippen molar-refractivity contribution in [1.82, 2.24) is 5.32 Å². The van der Waals surface area contributed by atoms with E-state index < -0.39 is 19.3 Å². The summed E-state index contributed by atoms with van der Waals surface area (Å²) >= 11 is 0. The van der Waals surface area contributed by atoms with Gasteiger partial charge >= 0.3 is 19.3 Å². The van der Waals surface area contributed by atoms with E-state index in [0.717, 1.165) is 21.3 Å². The molecule has 0 aliphatic rings. The number of carbonyl (C=O) groups excluding carboxylic acids is 2. The van der Waals surface area contributed by atoms with Crippen LogP contribution in [0.25, 0.3) is 0 Å². The third-order valence-electron chi connectivity index (χ3n) is 0.988. The van der Waals surface area contributed by atoms with Crippen molar-refractivity contribution in [2.75, 3.05) is 21.3 Å². The molecule has 10 heteroatoms. The number of nitrogens with one attached hydrogen (secondary N) is 1. The van der Waals surface area contributed by atoms with Crippen LogP contribution in [0.15, 0.2) is 0 Å². The van der Waals surface area contributed by atoms with Gasteiger partial charge in [0.25, 0.3) is 0 Å². The number of hydrogen-bond acceptors (Lipinski definition) is 8. The molecule has 0 radical (unpaired) electrons. The van der Waals surface area contributed by atoms with Gasteiger partial charge in [0.15, 0.2) is 0 Å². The molecule has 9 nitrogen and oxygen atoms in total. The van der Waals surface area contributed by atoms with Gasteiger partial charge in [-0.3, -0.25) is 10.1 Å². The highest BCUT2D eigenvalue weighted by molar-refractivity contribution is 7.71. The van der Waals surface area contributed by atoms with Crippen LogP contribution in [-0.4, -0.2) is 33.1 Å². The minimum Gasteiger partial charge on any atom is -0.453 e. The van der Waals surface area contributed by atoms with Gasteiger partial charge in [0.2, 0.25) is 0 Å². The fourth-order valence-corrected chi connectivity index (χ4v) is 1.26. The first-order valence-corrected chi connectivity index (χ1v) is 4.98. The van der Waals surface area contributed by atoms with Gasteiger partial charge in [-0.25, -0.2) is 19.1 Å². The van der Waals surface area contributed by atoms with Crippen molar-refractivity contribution in [3.8, 4) is 0 Å². The van der Waals surface area contributed by atoms with E-state index in [1.54, 1.807) is 5.32 Å². The van der Waals surface area contributed by atoms with Crippen molar-refractivity contribution >= 4 is 19.3 Å². The normalized spacial score (nSPS) is 10.9. The number of rotatable bonds is 5. The second-order valence-corrected chi connectivity index (χ2v) is 3.60. The van der Waals surface area contributed by atoms with Crippen LogP contribution in [0.4, 0.5) is 9.59 Å². The van der Waals surface area contributed by atoms with Gasteiger partial charge in [-0.2, -0.15) is 0 Å². The summed E-state index contributed by atoms with van der Waals surface area (Å²) in [4.78, 5) is 29.8. The molecule has 0 aliphatic heterocycles. The monoisotopic (exact) mass is 243 g/mol. The molecule has 0 aromatic heterocycles. The first-order valence-electron chi connectivity index (χ1n) is 3.44. The van der Waals surface area contributed by atoms with Gasteiger partial charge in [-0.15, -0.1) is 9.35 Å². The van der Waals surface area contributed by atoms with Gasteiger partial charge in [0.1, 0.15) is 0 Å². The van der Waals surface area contributed by atoms with Crippen LogP contribution < -0.4 is 5.32 Å². The Balaban J connectivity index is 4.55. The molecule has 0 aromatic rings. The van der Waals surface area contributed by atoms with Crippen LogP contribution in [-0.2, 0) is 28.4 Å². The van der Waals surface area contributed by atoms with Crippen LogP contribution in [0.1, 0.15) is 0 Å². The van der Waals surface area contributed by atoms with E-state index in [-0.39, 0.29) is 0 Å². The maximum atomic E-state index is 11.5. The number of ether oxygens (including phenoxy) is 1. The van der Waals surface area contributed by atoms with E-state index in [4.69, 9.17) is 0 Å². The Labute approximate surface area is 85.0 Å². The zero-order valence-corrected chi connectivity index (χ0v) is 9.11. The van der Waals surface area contributed by atoms with Crippen LogP contribution in [0.5, 0.6) is 0 Å². The van der Waals surface area contributed by atoms with Crippen molar-refractivity contribution in [2.45, 2.75) is 0 Å². The predicted molar refractivity (Wildman–Crippen MR) is 44.7 cm³/mol. The number of imide groups is 1. The van der Waals surface area contributed by atoms with Gasteiger partial charge in [-0.1, -0.05) is 0 Å². The summed E-state index contributed by atoms with van der Waals surface area (Å²) in [5, 5.41) is 1.57. The molecule has 15 heavy (non-hydrogen) atoms. The fraction of sp³-hybridized carbons (Fsp3) is 0.600. The van der Waals surface area contributed by atoms with Crippen molar-refractivity contribution in [2.24, 2.45) is 0 Å². The maximum Gasteiger partial charge on any atom is 0.472 e. The molecule has 0 spiro atoms. The van der Waals surface area contributed by atoms with Crippen LogP contribution in [0.2, 0.25) is 0 Å². The largest absolute Gasteiger partial charge is 0.472 e. The van der Waals surface area contributed by atoms with Crippen LogP contribution in [0.3, 0.4) is 0 Å². The number of amides is 2. The third-order valence-corrected chi connectivity index (χ3v) is 2.29. The summed E-state index contributed by atoms with van der Waals surface area (Å²) in [6, 6.07) is 0. The number of alkyl carbamates (subject to hydrolysis) is 1. The highest BCUT2D eigenvalue weighted by Crippen LogP contribution is 2.48. The second kappa shape index (κ2) is 6.49. The van der Waals surface area contributed by atoms with E-state index in [2.05, 4.69) is 23.9 Å². The maximum absolute atomic E-state index is 11.5. The minimum absolute atomic E-state index is 0.997. The highest BCUT2D eigenvalue weighted by Gasteiger charge is 2.39. The predicted octanol–water partition coefficient (Wildman–Crippen LogP) is 0.811. The van der Waals surface area contributed by atoms with E-state index >= 15 is 0 Å². The van der Waals surface area contributed by atoms with Gasteiger partial charge in [0, 0.05) is 0 Å². The van der Waals surface area contributed by atoms with Gasteiger partial charge in [0.05, 0.1) is 21.3 Å². The molecule has 88 valence electrons. The SMILES string of the molecule is COOP(=O)(OOC)C(=O)NC(=O)OC. The Morgan fingerprint density at radius 3 is 1.87 bits per heavy atom. The minimum atomic E-state index is -4.37. The summed E-state index contributed by atoms with van der Waals surface area (Å²) in [6.45, 7) is 0. The van der Waals surface area contributed by atoms with Crippen molar-refractivity contribution < 1.29 is 38.0 Å². The summed E-state index contributed by atoms with van der Waals surface area (Å²) in [7, 11) is -1.36. The second-order valence-electron chi connectivity index (χ2n) is 1.90. The van der Waals surface area contributed by atoms with E-state index in [9.17, 15) is 14.2 Å². The molecule has 0 saturated carbocycles. The summed E-state index contributed by atoms with van der Waals surface area (Å²) in [5.74, 6) is 0. The molecule has 0 unspecified atom stereocenters. The third kappa shape index (κ3) is 4.36. The Bertz CT molecular complexity index is 268. The Morgan fingerprint density at radius 2 is 1.53 bits per heavy atom. The van der Waals surface area contributed by atoms with Crippen LogP contribution >= 0.6 is 7.60 Å². The quantitative estimate of drug-likeness (QED) is 0.429. The number of methoxy groups -OCH3 is 1. The van der Waals surface area contributed by atoms with Gasteiger partial charge < -0.3 is 4.74 Å². The van der Waals surface area contributed by atoms with Crippen molar-refractivity contribution in [3.05, 3.63) is 0 Å². The molecule has 0 atom stereocenters. The lowest BCUT2D eigenvalue weighted by molar-refractivity contribution is -0.239. The molecule has 0 rings (SSSR count). The molecule has 2 amide bonds. The average molecular weight is 243 g/mol. The summed E-state index contributed by atoms with van der Waals surface area (Å²) < 4.78 is 23.7. The van der Waals surface area contributed by atoms with Crippen molar-refractivity contribution in [1.29, 1.82) is 0 Å². The molecule has 1 N–H and O–H groups in total. The molecular weight excluding hydrogens is 233 g/mol. The molecule has 0 fully saturated rings. The first kappa shape index (κ1) is 14.0. The standard InChI is InChI=1S/C5H10NO8P/c1-10-4(7)6-5(8)15(9,13-11-2)14-12-3/h1-3H3,(H,6,7,8). The zero-order valence-electron chi connectivity index (χ0n) is 8.21. The summed E-state index contributed by atoms with van der Waals surface area (Å²) in [5.41, 5.74) is -1.38. The first-order chi connectivity index (χ1) is 7.00. The topological polar surface area (TPSA) is 109 Å². The zero-order chi connectivity index (χ0) is 11.9. The molecule has 0 aromatic carbocycles. The fourth-order valence-electron chi connectivity index (χ4n) is 0.483. The van der Waals surface area contributed by atoms with Crippen LogP contribution in [0, 0.1) is 0 Å². The molecular formula is C5H10NO8P. The number of hydrogen-bond donors (Lipinski definition) is 1. The molecule has 0 heterocycles. The van der Waals surface area contributed by atoms with Crippen molar-refractivity contribution in [3.63, 3.8) is 0 Å². The highest BCUT2D eigenvalue weighted by atomic mass is 31.2. The lowest BCUT2D eigenvalue weighted by atomic mass is 11.1. The average Bonchev–Trinajstić information content (AvgIpc) is 2.18. The summed E-state index contributed by atoms with van der Waals surface area (Å²) in [6.07, 6.45) is -1.13. The van der Waals surface area contributed by atoms with Gasteiger partial charge in [-0.05, 0) is 0 Å². The van der Waals surface area contributed by atoms with E-state index in [1.807, 2.05) is 0 Å². The molecule has 0 bridgehead atoms. The lowest BCUT2D eigenvalue weighted by Crippen LogP contribution is -2.29. The Kier molecular flexibility index (Phi) is 6.06. The Hall–Kier alpha value is -0.990. The Morgan fingerprint density at radius 1 is 1.07 bits per heavy atom. The molecule has 0 aliphatic carbocycles. The smallest absolute Gasteiger partial charge is 0.453 e. The number of carbonyl (C=O) groups is 2. The molecule has 0 saturated heterocycles. The van der Waals surface area contributed by atoms with E-state index in [0.29, 0.717) is 0 Å². The van der Waals surface area contributed by atoms with E-state index in [1.165, 1.54) is 0 Å². The lowest BCUT2D eigenvalue weighted by Gasteiger charge is -2.11.